The maximum Gasteiger partial charge on any atom is 0.252 e. The van der Waals surface area contributed by atoms with Gasteiger partial charge >= 0.3 is 0 Å². The van der Waals surface area contributed by atoms with E-state index in [1.54, 1.807) is 6.20 Å². The Morgan fingerprint density at radius 2 is 2.00 bits per heavy atom. The number of hydrogen-bond acceptors (Lipinski definition) is 4. The van der Waals surface area contributed by atoms with Crippen molar-refractivity contribution in [2.24, 2.45) is 0 Å². The van der Waals surface area contributed by atoms with Crippen molar-refractivity contribution in [2.75, 3.05) is 13.1 Å². The maximum absolute atomic E-state index is 12.7. The molecule has 28 heavy (non-hydrogen) atoms. The molecule has 4 rings (SSSR count). The lowest BCUT2D eigenvalue weighted by Gasteiger charge is -2.12. The van der Waals surface area contributed by atoms with Crippen molar-refractivity contribution in [3.05, 3.63) is 65.9 Å². The van der Waals surface area contributed by atoms with Crippen molar-refractivity contribution >= 4 is 18.3 Å². The topological polar surface area (TPSA) is 67.2 Å². The fraction of sp³-hybridized carbons (Fsp3) is 0.273. The van der Waals surface area contributed by atoms with Gasteiger partial charge in [0.15, 0.2) is 5.76 Å². The summed E-state index contributed by atoms with van der Waals surface area (Å²) in [5, 5.41) is 6.41. The molecule has 1 atom stereocenters. The number of carbonyl (C=O) groups is 1. The van der Waals surface area contributed by atoms with Gasteiger partial charge in [0.25, 0.3) is 5.91 Å². The van der Waals surface area contributed by atoms with Crippen molar-refractivity contribution in [3.63, 3.8) is 0 Å². The number of hydrogen-bond donors (Lipinski definition) is 2. The minimum atomic E-state index is -0.102. The zero-order valence-electron chi connectivity index (χ0n) is 15.8. The molecule has 0 spiro atoms. The zero-order valence-corrected chi connectivity index (χ0v) is 16.6. The third kappa shape index (κ3) is 4.43. The molecule has 146 valence electrons. The molecule has 5 nitrogen and oxygen atoms in total. The molecule has 6 heteroatoms. The molecular weight excluding hydrogens is 374 g/mol. The third-order valence-electron chi connectivity index (χ3n) is 4.92. The van der Waals surface area contributed by atoms with E-state index in [9.17, 15) is 4.79 Å². The van der Waals surface area contributed by atoms with Crippen LogP contribution in [0.4, 0.5) is 0 Å². The summed E-state index contributed by atoms with van der Waals surface area (Å²) in [6.45, 7) is 3.70. The Kier molecular flexibility index (Phi) is 6.49. The van der Waals surface area contributed by atoms with Gasteiger partial charge in [-0.2, -0.15) is 0 Å². The summed E-state index contributed by atoms with van der Waals surface area (Å²) < 4.78 is 5.96. The van der Waals surface area contributed by atoms with E-state index in [0.29, 0.717) is 35.4 Å². The maximum atomic E-state index is 12.7. The first-order chi connectivity index (χ1) is 13.2. The van der Waals surface area contributed by atoms with E-state index in [0.717, 1.165) is 24.9 Å². The number of nitrogens with one attached hydrogen (secondary N) is 2. The van der Waals surface area contributed by atoms with Gasteiger partial charge in [-0.1, -0.05) is 42.0 Å². The van der Waals surface area contributed by atoms with Crippen molar-refractivity contribution in [1.29, 1.82) is 0 Å². The lowest BCUT2D eigenvalue weighted by Crippen LogP contribution is -2.37. The summed E-state index contributed by atoms with van der Waals surface area (Å²) in [5.74, 6) is 1.04. The first-order valence-corrected chi connectivity index (χ1v) is 9.34. The van der Waals surface area contributed by atoms with Gasteiger partial charge in [-0.3, -0.25) is 4.79 Å². The van der Waals surface area contributed by atoms with Crippen LogP contribution in [-0.4, -0.2) is 30.0 Å². The summed E-state index contributed by atoms with van der Waals surface area (Å²) >= 11 is 0. The van der Waals surface area contributed by atoms with Crippen LogP contribution in [0.1, 0.15) is 28.8 Å². The van der Waals surface area contributed by atoms with Crippen molar-refractivity contribution in [3.8, 4) is 22.8 Å². The SMILES string of the molecule is Cc1ccc(-c2cnc(-c3ccccc3C(=O)NCC3CCCN3)o2)cc1.Cl. The lowest BCUT2D eigenvalue weighted by atomic mass is 10.1. The Balaban J connectivity index is 0.00000225. The smallest absolute Gasteiger partial charge is 0.252 e. The molecule has 1 saturated heterocycles. The van der Waals surface area contributed by atoms with Gasteiger partial charge < -0.3 is 15.1 Å². The van der Waals surface area contributed by atoms with Crippen LogP contribution < -0.4 is 10.6 Å². The van der Waals surface area contributed by atoms with E-state index in [1.807, 2.05) is 55.5 Å². The quantitative estimate of drug-likeness (QED) is 0.676. The second-order valence-corrected chi connectivity index (χ2v) is 6.94. The van der Waals surface area contributed by atoms with Crippen LogP contribution in [0.2, 0.25) is 0 Å². The second kappa shape index (κ2) is 9.04. The first kappa shape index (κ1) is 20.1. The molecule has 1 amide bonds. The number of amides is 1. The van der Waals surface area contributed by atoms with Gasteiger partial charge in [0.2, 0.25) is 5.89 Å². The van der Waals surface area contributed by atoms with Gasteiger partial charge in [-0.05, 0) is 38.4 Å². The van der Waals surface area contributed by atoms with E-state index in [-0.39, 0.29) is 18.3 Å². The van der Waals surface area contributed by atoms with Crippen LogP contribution in [0, 0.1) is 6.92 Å². The molecule has 2 aromatic carbocycles. The molecule has 0 radical (unpaired) electrons. The molecule has 0 aliphatic carbocycles. The van der Waals surface area contributed by atoms with Crippen LogP contribution in [0.5, 0.6) is 0 Å². The molecule has 0 saturated carbocycles. The minimum Gasteiger partial charge on any atom is -0.436 e. The Morgan fingerprint density at radius 1 is 1.21 bits per heavy atom. The highest BCUT2D eigenvalue weighted by Gasteiger charge is 2.19. The average molecular weight is 398 g/mol. The molecule has 1 aromatic heterocycles. The van der Waals surface area contributed by atoms with Gasteiger partial charge in [0.05, 0.1) is 11.8 Å². The molecule has 1 fully saturated rings. The number of carbonyl (C=O) groups excluding carboxylic acids is 1. The summed E-state index contributed by atoms with van der Waals surface area (Å²) in [7, 11) is 0. The largest absolute Gasteiger partial charge is 0.436 e. The standard InChI is InChI=1S/C22H23N3O2.ClH/c1-15-8-10-16(11-9-15)20-14-25-22(27-20)19-7-3-2-6-18(19)21(26)24-13-17-5-4-12-23-17;/h2-3,6-11,14,17,23H,4-5,12-13H2,1H3,(H,24,26);1H. The predicted molar refractivity (Wildman–Crippen MR) is 113 cm³/mol. The minimum absolute atomic E-state index is 0. The Bertz CT molecular complexity index is 931. The molecule has 1 aliphatic rings. The monoisotopic (exact) mass is 397 g/mol. The Hall–Kier alpha value is -2.63. The molecular formula is C22H24ClN3O2. The Labute approximate surface area is 171 Å². The molecule has 2 N–H and O–H groups in total. The van der Waals surface area contributed by atoms with Crippen molar-refractivity contribution in [1.82, 2.24) is 15.6 Å². The van der Waals surface area contributed by atoms with Gasteiger partial charge in [-0.25, -0.2) is 4.98 Å². The van der Waals surface area contributed by atoms with Crippen LogP contribution in [0.15, 0.2) is 59.1 Å². The molecule has 2 heterocycles. The number of aryl methyl sites for hydroxylation is 1. The zero-order chi connectivity index (χ0) is 18.6. The van der Waals surface area contributed by atoms with E-state index in [2.05, 4.69) is 15.6 Å². The summed E-state index contributed by atoms with van der Waals surface area (Å²) in [6, 6.07) is 15.9. The second-order valence-electron chi connectivity index (χ2n) is 6.94. The number of benzene rings is 2. The summed E-state index contributed by atoms with van der Waals surface area (Å²) in [5.41, 5.74) is 3.44. The number of aromatic nitrogens is 1. The van der Waals surface area contributed by atoms with Crippen molar-refractivity contribution in [2.45, 2.75) is 25.8 Å². The molecule has 1 aliphatic heterocycles. The summed E-state index contributed by atoms with van der Waals surface area (Å²) in [4.78, 5) is 17.1. The summed E-state index contributed by atoms with van der Waals surface area (Å²) in [6.07, 6.45) is 3.97. The Morgan fingerprint density at radius 3 is 2.75 bits per heavy atom. The average Bonchev–Trinajstić information content (AvgIpc) is 3.39. The van der Waals surface area contributed by atoms with Gasteiger partial charge in [-0.15, -0.1) is 12.4 Å². The molecule has 3 aromatic rings. The lowest BCUT2D eigenvalue weighted by molar-refractivity contribution is 0.0950. The highest BCUT2D eigenvalue weighted by atomic mass is 35.5. The fourth-order valence-corrected chi connectivity index (χ4v) is 3.36. The van der Waals surface area contributed by atoms with Crippen LogP contribution in [-0.2, 0) is 0 Å². The number of oxazole rings is 1. The highest BCUT2D eigenvalue weighted by Crippen LogP contribution is 2.28. The predicted octanol–water partition coefficient (Wildman–Crippen LogP) is 4.22. The number of rotatable bonds is 5. The van der Waals surface area contributed by atoms with E-state index in [1.165, 1.54) is 5.56 Å². The van der Waals surface area contributed by atoms with Gasteiger partial charge in [0.1, 0.15) is 0 Å². The van der Waals surface area contributed by atoms with E-state index in [4.69, 9.17) is 4.42 Å². The van der Waals surface area contributed by atoms with Crippen LogP contribution in [0.25, 0.3) is 22.8 Å². The molecule has 1 unspecified atom stereocenters. The first-order valence-electron chi connectivity index (χ1n) is 9.34. The van der Waals surface area contributed by atoms with Crippen LogP contribution in [0.3, 0.4) is 0 Å². The van der Waals surface area contributed by atoms with E-state index >= 15 is 0 Å². The van der Waals surface area contributed by atoms with Gasteiger partial charge in [0, 0.05) is 23.7 Å². The highest BCUT2D eigenvalue weighted by molar-refractivity contribution is 6.00. The van der Waals surface area contributed by atoms with Crippen LogP contribution >= 0.6 is 12.4 Å². The number of nitrogens with zero attached hydrogens (tertiary/aromatic N) is 1. The van der Waals surface area contributed by atoms with E-state index < -0.39 is 0 Å². The van der Waals surface area contributed by atoms with Crippen molar-refractivity contribution < 1.29 is 9.21 Å². The number of halogens is 1. The normalized spacial score (nSPS) is 15.8. The third-order valence-corrected chi connectivity index (χ3v) is 4.92. The fourth-order valence-electron chi connectivity index (χ4n) is 3.36. The molecule has 0 bridgehead atoms.